The van der Waals surface area contributed by atoms with Crippen LogP contribution in [0.3, 0.4) is 0 Å². The number of aliphatic hydroxyl groups excluding tert-OH is 1. The lowest BCUT2D eigenvalue weighted by molar-refractivity contribution is -0.137. The molecule has 3 amide bonds. The summed E-state index contributed by atoms with van der Waals surface area (Å²) in [5.41, 5.74) is 2.24. The number of rotatable bonds is 4. The average molecular weight is 489 g/mol. The van der Waals surface area contributed by atoms with Gasteiger partial charge in [0, 0.05) is 37.5 Å². The molecule has 1 atom stereocenters. The van der Waals surface area contributed by atoms with Crippen molar-refractivity contribution in [3.05, 3.63) is 59.2 Å². The molecule has 186 valence electrons. The highest BCUT2D eigenvalue weighted by Gasteiger charge is 2.32. The fourth-order valence-electron chi connectivity index (χ4n) is 4.29. The van der Waals surface area contributed by atoms with E-state index in [0.717, 1.165) is 17.7 Å². The Labute approximate surface area is 200 Å². The Kier molecular flexibility index (Phi) is 6.75. The normalized spacial score (nSPS) is 17.9. The van der Waals surface area contributed by atoms with Crippen LogP contribution < -0.4 is 15.0 Å². The highest BCUT2D eigenvalue weighted by atomic mass is 19.4. The lowest BCUT2D eigenvalue weighted by atomic mass is 9.99. The van der Waals surface area contributed by atoms with Crippen LogP contribution in [0, 0.1) is 0 Å². The maximum atomic E-state index is 13.1. The molecule has 10 heteroatoms. The number of amides is 3. The molecule has 35 heavy (non-hydrogen) atoms. The van der Waals surface area contributed by atoms with Crippen LogP contribution in [-0.2, 0) is 17.5 Å². The number of carbonyl (C=O) groups excluding carboxylic acids is 2. The Morgan fingerprint density at radius 1 is 1.26 bits per heavy atom. The quantitative estimate of drug-likeness (QED) is 0.613. The summed E-state index contributed by atoms with van der Waals surface area (Å²) in [7, 11) is 1.63. The Balaban J connectivity index is 1.54. The molecule has 2 heterocycles. The van der Waals surface area contributed by atoms with Crippen molar-refractivity contribution in [3.8, 4) is 5.75 Å². The van der Waals surface area contributed by atoms with Crippen molar-refractivity contribution in [1.82, 2.24) is 4.90 Å². The van der Waals surface area contributed by atoms with Gasteiger partial charge >= 0.3 is 12.2 Å². The SMILES string of the molecule is CC(O)CN1Cc2ccc(NC(=O)/C=C3\CCCOc4cc(C(F)(F)F)ccc43)cc2N(C)C1=O. The molecule has 1 unspecified atom stereocenters. The number of β-amino-alcohol motifs (C(OH)–C–C–N with tert-alkyl or cyclic N) is 1. The molecule has 0 spiro atoms. The number of fused-ring (bicyclic) bond motifs is 2. The first kappa shape index (κ1) is 24.6. The molecule has 0 fully saturated rings. The predicted octanol–water partition coefficient (Wildman–Crippen LogP) is 4.65. The number of anilines is 2. The standard InChI is InChI=1S/C25H26F3N3O4/c1-15(32)13-31-14-17-5-7-19(12-21(17)30(2)24(31)34)29-23(33)10-16-4-3-9-35-22-11-18(25(26,27)28)6-8-20(16)22/h5-8,10-12,15,32H,3-4,9,13-14H2,1-2H3,(H,29,33)/b16-10+. The molecule has 0 aliphatic carbocycles. The minimum Gasteiger partial charge on any atom is -0.493 e. The zero-order valence-electron chi connectivity index (χ0n) is 19.4. The third-order valence-corrected chi connectivity index (χ3v) is 5.93. The van der Waals surface area contributed by atoms with Crippen LogP contribution in [0.25, 0.3) is 5.57 Å². The topological polar surface area (TPSA) is 82.1 Å². The number of hydrogen-bond donors (Lipinski definition) is 2. The Morgan fingerprint density at radius 3 is 2.74 bits per heavy atom. The van der Waals surface area contributed by atoms with E-state index >= 15 is 0 Å². The fourth-order valence-corrected chi connectivity index (χ4v) is 4.29. The smallest absolute Gasteiger partial charge is 0.416 e. The van der Waals surface area contributed by atoms with Crippen LogP contribution in [0.15, 0.2) is 42.5 Å². The lowest BCUT2D eigenvalue weighted by Gasteiger charge is -2.35. The molecule has 4 rings (SSSR count). The van der Waals surface area contributed by atoms with Gasteiger partial charge in [-0.1, -0.05) is 12.1 Å². The first-order chi connectivity index (χ1) is 16.5. The number of nitrogens with one attached hydrogen (secondary N) is 1. The fraction of sp³-hybridized carbons (Fsp3) is 0.360. The van der Waals surface area contributed by atoms with Crippen molar-refractivity contribution in [2.24, 2.45) is 0 Å². The molecule has 0 bridgehead atoms. The third-order valence-electron chi connectivity index (χ3n) is 5.93. The summed E-state index contributed by atoms with van der Waals surface area (Å²) >= 11 is 0. The van der Waals surface area contributed by atoms with Gasteiger partial charge in [-0.2, -0.15) is 13.2 Å². The molecule has 0 saturated carbocycles. The zero-order chi connectivity index (χ0) is 25.3. The van der Waals surface area contributed by atoms with Crippen LogP contribution in [0.4, 0.5) is 29.3 Å². The van der Waals surface area contributed by atoms with Gasteiger partial charge in [-0.25, -0.2) is 4.79 Å². The lowest BCUT2D eigenvalue weighted by Crippen LogP contribution is -2.47. The number of urea groups is 1. The van der Waals surface area contributed by atoms with Crippen LogP contribution >= 0.6 is 0 Å². The van der Waals surface area contributed by atoms with Gasteiger partial charge in [-0.3, -0.25) is 9.69 Å². The Bertz CT molecular complexity index is 1180. The van der Waals surface area contributed by atoms with Gasteiger partial charge in [0.25, 0.3) is 0 Å². The summed E-state index contributed by atoms with van der Waals surface area (Å²) in [6.07, 6.45) is -2.73. The van der Waals surface area contributed by atoms with E-state index in [9.17, 15) is 27.9 Å². The number of halogens is 3. The van der Waals surface area contributed by atoms with E-state index in [-0.39, 0.29) is 24.9 Å². The van der Waals surface area contributed by atoms with E-state index in [4.69, 9.17) is 4.74 Å². The molecular weight excluding hydrogens is 463 g/mol. The molecule has 2 aromatic rings. The minimum atomic E-state index is -4.49. The number of nitrogens with zero attached hydrogens (tertiary/aromatic N) is 2. The van der Waals surface area contributed by atoms with Gasteiger partial charge in [0.15, 0.2) is 0 Å². The monoisotopic (exact) mass is 489 g/mol. The molecular formula is C25H26F3N3O4. The van der Waals surface area contributed by atoms with E-state index in [2.05, 4.69) is 5.32 Å². The van der Waals surface area contributed by atoms with E-state index < -0.39 is 23.8 Å². The molecule has 7 nitrogen and oxygen atoms in total. The average Bonchev–Trinajstić information content (AvgIpc) is 2.98. The second-order valence-corrected chi connectivity index (χ2v) is 8.73. The van der Waals surface area contributed by atoms with E-state index in [1.54, 1.807) is 31.0 Å². The van der Waals surface area contributed by atoms with Crippen molar-refractivity contribution < 1.29 is 32.6 Å². The number of hydrogen-bond acceptors (Lipinski definition) is 4. The molecule has 0 saturated heterocycles. The van der Waals surface area contributed by atoms with Crippen LogP contribution in [0.5, 0.6) is 5.75 Å². The Morgan fingerprint density at radius 2 is 2.03 bits per heavy atom. The van der Waals surface area contributed by atoms with E-state index in [1.165, 1.54) is 17.0 Å². The van der Waals surface area contributed by atoms with Gasteiger partial charge in [-0.05, 0) is 55.2 Å². The summed E-state index contributed by atoms with van der Waals surface area (Å²) < 4.78 is 44.8. The van der Waals surface area contributed by atoms with Crippen molar-refractivity contribution in [2.45, 2.75) is 38.6 Å². The van der Waals surface area contributed by atoms with Crippen molar-refractivity contribution in [3.63, 3.8) is 0 Å². The maximum Gasteiger partial charge on any atom is 0.416 e. The van der Waals surface area contributed by atoms with Gasteiger partial charge < -0.3 is 20.1 Å². The number of aliphatic hydroxyl groups is 1. The molecule has 2 aliphatic heterocycles. The molecule has 0 radical (unpaired) electrons. The van der Waals surface area contributed by atoms with Crippen molar-refractivity contribution in [2.75, 3.05) is 30.4 Å². The highest BCUT2D eigenvalue weighted by Crippen LogP contribution is 2.38. The molecule has 0 aromatic heterocycles. The second kappa shape index (κ2) is 9.61. The summed E-state index contributed by atoms with van der Waals surface area (Å²) in [5, 5.41) is 12.4. The number of alkyl halides is 3. The zero-order valence-corrected chi connectivity index (χ0v) is 19.4. The largest absolute Gasteiger partial charge is 0.493 e. The summed E-state index contributed by atoms with van der Waals surface area (Å²) in [5.74, 6) is -0.333. The summed E-state index contributed by atoms with van der Waals surface area (Å²) in [4.78, 5) is 28.4. The van der Waals surface area contributed by atoms with Gasteiger partial charge in [-0.15, -0.1) is 0 Å². The third kappa shape index (κ3) is 5.43. The van der Waals surface area contributed by atoms with Gasteiger partial charge in [0.1, 0.15) is 5.75 Å². The van der Waals surface area contributed by atoms with Crippen LogP contribution in [0.2, 0.25) is 0 Å². The van der Waals surface area contributed by atoms with E-state index in [0.29, 0.717) is 41.9 Å². The number of ether oxygens (including phenoxy) is 1. The van der Waals surface area contributed by atoms with Crippen molar-refractivity contribution >= 4 is 28.9 Å². The number of allylic oxidation sites excluding steroid dienone is 1. The number of benzene rings is 2. The predicted molar refractivity (Wildman–Crippen MR) is 125 cm³/mol. The second-order valence-electron chi connectivity index (χ2n) is 8.73. The minimum absolute atomic E-state index is 0.104. The van der Waals surface area contributed by atoms with Crippen LogP contribution in [-0.4, -0.2) is 48.2 Å². The highest BCUT2D eigenvalue weighted by molar-refractivity contribution is 6.05. The maximum absolute atomic E-state index is 13.1. The molecule has 2 aliphatic rings. The summed E-state index contributed by atoms with van der Waals surface area (Å²) in [6.45, 7) is 2.43. The molecule has 2 N–H and O–H groups in total. The van der Waals surface area contributed by atoms with Gasteiger partial charge in [0.05, 0.1) is 24.0 Å². The first-order valence-corrected chi connectivity index (χ1v) is 11.2. The number of carbonyl (C=O) groups is 2. The first-order valence-electron chi connectivity index (χ1n) is 11.2. The molecule has 2 aromatic carbocycles. The van der Waals surface area contributed by atoms with Crippen molar-refractivity contribution in [1.29, 1.82) is 0 Å². The Hall–Kier alpha value is -3.53. The van der Waals surface area contributed by atoms with Gasteiger partial charge in [0.2, 0.25) is 5.91 Å². The van der Waals surface area contributed by atoms with E-state index in [1.807, 2.05) is 6.07 Å². The van der Waals surface area contributed by atoms with Crippen LogP contribution in [0.1, 0.15) is 36.5 Å². The summed E-state index contributed by atoms with van der Waals surface area (Å²) in [6, 6.07) is 8.25.